The van der Waals surface area contributed by atoms with Crippen LogP contribution in [0.25, 0.3) is 0 Å². The summed E-state index contributed by atoms with van der Waals surface area (Å²) in [6.45, 7) is 1.65. The van der Waals surface area contributed by atoms with Crippen molar-refractivity contribution in [3.63, 3.8) is 0 Å². The van der Waals surface area contributed by atoms with Gasteiger partial charge in [-0.2, -0.15) is 0 Å². The molecule has 0 heterocycles. The topological polar surface area (TPSA) is 29.5 Å². The van der Waals surface area contributed by atoms with Crippen LogP contribution in [-0.2, 0) is 0 Å². The van der Waals surface area contributed by atoms with Crippen LogP contribution < -0.4 is 4.74 Å². The molecule has 13 heavy (non-hydrogen) atoms. The molecule has 0 saturated heterocycles. The van der Waals surface area contributed by atoms with E-state index in [0.29, 0.717) is 21.4 Å². The largest absolute Gasteiger partial charge is 0.494 e. The summed E-state index contributed by atoms with van der Waals surface area (Å²) >= 11 is 11.7. The molecule has 0 aliphatic carbocycles. The van der Waals surface area contributed by atoms with Crippen molar-refractivity contribution in [2.24, 2.45) is 0 Å². The van der Waals surface area contributed by atoms with E-state index in [0.717, 1.165) is 0 Å². The van der Waals surface area contributed by atoms with Crippen molar-refractivity contribution in [2.75, 3.05) is 7.11 Å². The predicted octanol–water partition coefficient (Wildman–Crippen LogP) is 3.06. The first-order valence-corrected chi connectivity index (χ1v) is 4.53. The Morgan fingerprint density at radius 1 is 1.31 bits per heavy atom. The minimum atomic E-state index is -0.582. The van der Waals surface area contributed by atoms with E-state index in [4.69, 9.17) is 27.9 Å². The smallest absolute Gasteiger partial charge is 0.156 e. The van der Waals surface area contributed by atoms with Crippen LogP contribution in [0.1, 0.15) is 18.6 Å². The van der Waals surface area contributed by atoms with Crippen LogP contribution in [0.4, 0.5) is 0 Å². The highest BCUT2D eigenvalue weighted by atomic mass is 35.5. The van der Waals surface area contributed by atoms with Crippen molar-refractivity contribution in [1.82, 2.24) is 0 Å². The summed E-state index contributed by atoms with van der Waals surface area (Å²) in [6, 6.07) is 3.27. The highest BCUT2D eigenvalue weighted by Gasteiger charge is 2.10. The van der Waals surface area contributed by atoms with Gasteiger partial charge in [-0.25, -0.2) is 0 Å². The number of ether oxygens (including phenoxy) is 1. The van der Waals surface area contributed by atoms with Gasteiger partial charge in [-0.1, -0.05) is 23.2 Å². The fourth-order valence-corrected chi connectivity index (χ4v) is 1.67. The van der Waals surface area contributed by atoms with E-state index in [1.165, 1.54) is 7.11 Å². The van der Waals surface area contributed by atoms with Crippen molar-refractivity contribution in [1.29, 1.82) is 0 Å². The summed E-state index contributed by atoms with van der Waals surface area (Å²) in [7, 11) is 1.50. The molecule has 0 amide bonds. The van der Waals surface area contributed by atoms with Crippen molar-refractivity contribution >= 4 is 23.2 Å². The normalized spacial score (nSPS) is 12.7. The number of aliphatic hydroxyl groups excluding tert-OH is 1. The average Bonchev–Trinajstić information content (AvgIpc) is 2.03. The van der Waals surface area contributed by atoms with Crippen molar-refractivity contribution < 1.29 is 9.84 Å². The number of hydrogen-bond acceptors (Lipinski definition) is 2. The minimum absolute atomic E-state index is 0.408. The van der Waals surface area contributed by atoms with E-state index < -0.39 is 6.10 Å². The maximum atomic E-state index is 9.28. The fraction of sp³-hybridized carbons (Fsp3) is 0.333. The van der Waals surface area contributed by atoms with Gasteiger partial charge in [0, 0.05) is 0 Å². The van der Waals surface area contributed by atoms with Gasteiger partial charge in [-0.3, -0.25) is 0 Å². The molecule has 0 aliphatic rings. The number of aliphatic hydroxyl groups is 1. The molecule has 4 heteroatoms. The van der Waals surface area contributed by atoms with Gasteiger partial charge in [0.1, 0.15) is 0 Å². The van der Waals surface area contributed by atoms with Gasteiger partial charge in [0.25, 0.3) is 0 Å². The summed E-state index contributed by atoms with van der Waals surface area (Å²) in [6.07, 6.45) is -0.582. The SMILES string of the molecule is COc1c(Cl)cc(C(C)O)cc1Cl. The van der Waals surface area contributed by atoms with Gasteiger partial charge >= 0.3 is 0 Å². The van der Waals surface area contributed by atoms with Crippen LogP contribution in [0.3, 0.4) is 0 Å². The Labute approximate surface area is 87.0 Å². The third-order valence-corrected chi connectivity index (χ3v) is 2.27. The maximum Gasteiger partial charge on any atom is 0.156 e. The number of halogens is 2. The lowest BCUT2D eigenvalue weighted by molar-refractivity contribution is 0.199. The van der Waals surface area contributed by atoms with E-state index in [-0.39, 0.29) is 0 Å². The molecule has 72 valence electrons. The molecule has 1 unspecified atom stereocenters. The Morgan fingerprint density at radius 2 is 1.77 bits per heavy atom. The molecule has 1 atom stereocenters. The molecule has 1 N–H and O–H groups in total. The Bertz CT molecular complexity index is 287. The van der Waals surface area contributed by atoms with Gasteiger partial charge in [0.2, 0.25) is 0 Å². The van der Waals surface area contributed by atoms with Gasteiger partial charge < -0.3 is 9.84 Å². The van der Waals surface area contributed by atoms with Crippen LogP contribution >= 0.6 is 23.2 Å². The maximum absolute atomic E-state index is 9.28. The van der Waals surface area contributed by atoms with E-state index in [1.807, 2.05) is 0 Å². The fourth-order valence-electron chi connectivity index (χ4n) is 1.02. The Balaban J connectivity index is 3.20. The van der Waals surface area contributed by atoms with Crippen molar-refractivity contribution in [2.45, 2.75) is 13.0 Å². The number of benzene rings is 1. The van der Waals surface area contributed by atoms with Crippen LogP contribution in [0.2, 0.25) is 10.0 Å². The Kier molecular flexibility index (Phi) is 3.42. The first-order valence-electron chi connectivity index (χ1n) is 3.77. The Hall–Kier alpha value is -0.440. The number of rotatable bonds is 2. The van der Waals surface area contributed by atoms with Crippen LogP contribution in [0.15, 0.2) is 12.1 Å². The molecule has 2 nitrogen and oxygen atoms in total. The molecule has 0 fully saturated rings. The molecule has 0 radical (unpaired) electrons. The van der Waals surface area contributed by atoms with E-state index in [1.54, 1.807) is 19.1 Å². The molecule has 0 bridgehead atoms. The lowest BCUT2D eigenvalue weighted by Gasteiger charge is -2.10. The molecule has 0 spiro atoms. The molecule has 0 aliphatic heterocycles. The molecular formula is C9H10Cl2O2. The second-order valence-electron chi connectivity index (χ2n) is 2.69. The second-order valence-corrected chi connectivity index (χ2v) is 3.51. The van der Waals surface area contributed by atoms with E-state index in [9.17, 15) is 5.11 Å². The van der Waals surface area contributed by atoms with Crippen molar-refractivity contribution in [3.8, 4) is 5.75 Å². The molecule has 0 aromatic heterocycles. The molecule has 1 rings (SSSR count). The van der Waals surface area contributed by atoms with Gasteiger partial charge in [-0.15, -0.1) is 0 Å². The summed E-state index contributed by atoms with van der Waals surface area (Å²) < 4.78 is 4.96. The van der Waals surface area contributed by atoms with Crippen LogP contribution in [0, 0.1) is 0 Å². The highest BCUT2D eigenvalue weighted by molar-refractivity contribution is 6.37. The summed E-state index contributed by atoms with van der Waals surface area (Å²) in [5, 5.41) is 10.1. The van der Waals surface area contributed by atoms with Gasteiger partial charge in [-0.05, 0) is 24.6 Å². The molecule has 0 saturated carbocycles. The van der Waals surface area contributed by atoms with Crippen LogP contribution in [-0.4, -0.2) is 12.2 Å². The van der Waals surface area contributed by atoms with Gasteiger partial charge in [0.05, 0.1) is 23.3 Å². The zero-order valence-electron chi connectivity index (χ0n) is 7.34. The van der Waals surface area contributed by atoms with Crippen molar-refractivity contribution in [3.05, 3.63) is 27.7 Å². The monoisotopic (exact) mass is 220 g/mol. The lowest BCUT2D eigenvalue weighted by atomic mass is 10.1. The first-order chi connectivity index (χ1) is 6.06. The summed E-state index contributed by atoms with van der Waals surface area (Å²) in [4.78, 5) is 0. The predicted molar refractivity (Wildman–Crippen MR) is 53.6 cm³/mol. The third kappa shape index (κ3) is 2.27. The second kappa shape index (κ2) is 4.18. The lowest BCUT2D eigenvalue weighted by Crippen LogP contribution is -1.93. The third-order valence-electron chi connectivity index (χ3n) is 1.71. The Morgan fingerprint density at radius 3 is 2.08 bits per heavy atom. The average molecular weight is 221 g/mol. The highest BCUT2D eigenvalue weighted by Crippen LogP contribution is 2.35. The zero-order chi connectivity index (χ0) is 10.0. The zero-order valence-corrected chi connectivity index (χ0v) is 8.86. The van der Waals surface area contributed by atoms with E-state index in [2.05, 4.69) is 0 Å². The number of hydrogen-bond donors (Lipinski definition) is 1. The number of methoxy groups -OCH3 is 1. The first kappa shape index (κ1) is 10.6. The standard InChI is InChI=1S/C9H10Cl2O2/c1-5(12)6-3-7(10)9(13-2)8(11)4-6/h3-5,12H,1-2H3. The molecular weight excluding hydrogens is 211 g/mol. The molecule has 1 aromatic carbocycles. The quantitative estimate of drug-likeness (QED) is 0.831. The summed E-state index contributed by atoms with van der Waals surface area (Å²) in [5.74, 6) is 0.438. The van der Waals surface area contributed by atoms with Gasteiger partial charge in [0.15, 0.2) is 5.75 Å². The molecule has 1 aromatic rings. The summed E-state index contributed by atoms with van der Waals surface area (Å²) in [5.41, 5.74) is 0.677. The minimum Gasteiger partial charge on any atom is -0.494 e. The van der Waals surface area contributed by atoms with Crippen LogP contribution in [0.5, 0.6) is 5.75 Å². The van der Waals surface area contributed by atoms with E-state index >= 15 is 0 Å².